The Hall–Kier alpha value is -1.12. The molecule has 0 spiro atoms. The second kappa shape index (κ2) is 4.60. The molecule has 15 heavy (non-hydrogen) atoms. The van der Waals surface area contributed by atoms with Gasteiger partial charge in [0.25, 0.3) is 0 Å². The first-order valence-corrected chi connectivity index (χ1v) is 5.83. The van der Waals surface area contributed by atoms with Gasteiger partial charge in [0.1, 0.15) is 0 Å². The zero-order chi connectivity index (χ0) is 10.7. The molecule has 82 valence electrons. The Morgan fingerprint density at radius 1 is 1.07 bits per heavy atom. The minimum Gasteiger partial charge on any atom is -0.351 e. The van der Waals surface area contributed by atoms with E-state index in [2.05, 4.69) is 15.3 Å². The van der Waals surface area contributed by atoms with Crippen molar-refractivity contribution < 1.29 is 0 Å². The third-order valence-electron chi connectivity index (χ3n) is 2.92. The van der Waals surface area contributed by atoms with Gasteiger partial charge in [0.05, 0.1) is 0 Å². The number of anilines is 1. The Labute approximate surface area is 91.3 Å². The van der Waals surface area contributed by atoms with E-state index in [4.69, 9.17) is 0 Å². The smallest absolute Gasteiger partial charge is 0.223 e. The second-order valence-electron chi connectivity index (χ2n) is 4.45. The molecule has 1 fully saturated rings. The molecule has 1 saturated carbocycles. The van der Waals surface area contributed by atoms with Crippen LogP contribution in [-0.2, 0) is 0 Å². The molecule has 0 amide bonds. The molecule has 1 heterocycles. The van der Waals surface area contributed by atoms with Crippen molar-refractivity contribution in [3.05, 3.63) is 17.5 Å². The standard InChI is InChI=1S/C12H19N3/c1-9-8-10(2)14-12(13-9)15-11-6-4-3-5-7-11/h8,11H,3-7H2,1-2H3,(H,13,14,15). The van der Waals surface area contributed by atoms with Gasteiger partial charge in [-0.3, -0.25) is 0 Å². The Balaban J connectivity index is 2.02. The van der Waals surface area contributed by atoms with Crippen LogP contribution in [0.2, 0.25) is 0 Å². The maximum atomic E-state index is 4.41. The molecule has 3 heteroatoms. The van der Waals surface area contributed by atoms with Crippen molar-refractivity contribution in [2.75, 3.05) is 5.32 Å². The Kier molecular flexibility index (Phi) is 3.19. The fraction of sp³-hybridized carbons (Fsp3) is 0.667. The number of aryl methyl sites for hydroxylation is 2. The zero-order valence-corrected chi connectivity index (χ0v) is 9.58. The van der Waals surface area contributed by atoms with E-state index < -0.39 is 0 Å². The van der Waals surface area contributed by atoms with E-state index in [0.717, 1.165) is 17.3 Å². The lowest BCUT2D eigenvalue weighted by molar-refractivity contribution is 0.460. The van der Waals surface area contributed by atoms with Gasteiger partial charge in [-0.2, -0.15) is 0 Å². The predicted molar refractivity (Wildman–Crippen MR) is 62.0 cm³/mol. The van der Waals surface area contributed by atoms with Gasteiger partial charge < -0.3 is 5.32 Å². The van der Waals surface area contributed by atoms with E-state index in [1.807, 2.05) is 19.9 Å². The molecule has 0 aliphatic heterocycles. The van der Waals surface area contributed by atoms with Crippen molar-refractivity contribution in [2.24, 2.45) is 0 Å². The molecule has 0 aromatic carbocycles. The number of rotatable bonds is 2. The van der Waals surface area contributed by atoms with Crippen molar-refractivity contribution in [2.45, 2.75) is 52.0 Å². The summed E-state index contributed by atoms with van der Waals surface area (Å²) < 4.78 is 0. The molecule has 1 N–H and O–H groups in total. The van der Waals surface area contributed by atoms with Gasteiger partial charge in [-0.1, -0.05) is 19.3 Å². The molecule has 0 unspecified atom stereocenters. The molecule has 0 atom stereocenters. The van der Waals surface area contributed by atoms with Crippen LogP contribution in [0.25, 0.3) is 0 Å². The van der Waals surface area contributed by atoms with Crippen LogP contribution in [0, 0.1) is 13.8 Å². The number of hydrogen-bond donors (Lipinski definition) is 1. The van der Waals surface area contributed by atoms with Gasteiger partial charge >= 0.3 is 0 Å². The van der Waals surface area contributed by atoms with Crippen LogP contribution in [0.5, 0.6) is 0 Å². The van der Waals surface area contributed by atoms with Gasteiger partial charge in [0.15, 0.2) is 0 Å². The number of nitrogens with zero attached hydrogens (tertiary/aromatic N) is 2. The van der Waals surface area contributed by atoms with Crippen LogP contribution < -0.4 is 5.32 Å². The molecule has 1 aromatic heterocycles. The summed E-state index contributed by atoms with van der Waals surface area (Å²) in [6.07, 6.45) is 6.57. The third kappa shape index (κ3) is 2.91. The van der Waals surface area contributed by atoms with Crippen LogP contribution in [0.4, 0.5) is 5.95 Å². The highest BCUT2D eigenvalue weighted by atomic mass is 15.1. The van der Waals surface area contributed by atoms with E-state index in [9.17, 15) is 0 Å². The Morgan fingerprint density at radius 2 is 1.67 bits per heavy atom. The summed E-state index contributed by atoms with van der Waals surface area (Å²) in [6.45, 7) is 4.03. The first-order valence-electron chi connectivity index (χ1n) is 5.83. The summed E-state index contributed by atoms with van der Waals surface area (Å²) in [5, 5.41) is 3.44. The molecule has 1 aliphatic carbocycles. The lowest BCUT2D eigenvalue weighted by Gasteiger charge is -2.22. The van der Waals surface area contributed by atoms with Crippen LogP contribution in [0.3, 0.4) is 0 Å². The van der Waals surface area contributed by atoms with Crippen molar-refractivity contribution >= 4 is 5.95 Å². The number of nitrogens with one attached hydrogen (secondary N) is 1. The second-order valence-corrected chi connectivity index (χ2v) is 4.45. The normalized spacial score (nSPS) is 17.7. The molecular formula is C12H19N3. The molecule has 1 aromatic rings. The van der Waals surface area contributed by atoms with Crippen molar-refractivity contribution in [1.82, 2.24) is 9.97 Å². The minimum atomic E-state index is 0.583. The van der Waals surface area contributed by atoms with Gasteiger partial charge in [-0.15, -0.1) is 0 Å². The summed E-state index contributed by atoms with van der Waals surface area (Å²) in [5.41, 5.74) is 2.08. The SMILES string of the molecule is Cc1cc(C)nc(NC2CCCCC2)n1. The first kappa shape index (κ1) is 10.4. The Morgan fingerprint density at radius 3 is 2.27 bits per heavy atom. The molecule has 3 nitrogen and oxygen atoms in total. The maximum absolute atomic E-state index is 4.41. The molecule has 2 rings (SSSR count). The van der Waals surface area contributed by atoms with E-state index >= 15 is 0 Å². The molecule has 0 saturated heterocycles. The average Bonchev–Trinajstić information content (AvgIpc) is 2.17. The zero-order valence-electron chi connectivity index (χ0n) is 9.58. The fourth-order valence-corrected chi connectivity index (χ4v) is 2.22. The topological polar surface area (TPSA) is 37.8 Å². The lowest BCUT2D eigenvalue weighted by atomic mass is 9.96. The largest absolute Gasteiger partial charge is 0.351 e. The molecular weight excluding hydrogens is 186 g/mol. The monoisotopic (exact) mass is 205 g/mol. The number of hydrogen-bond acceptors (Lipinski definition) is 3. The van der Waals surface area contributed by atoms with Gasteiger partial charge in [0.2, 0.25) is 5.95 Å². The maximum Gasteiger partial charge on any atom is 0.223 e. The van der Waals surface area contributed by atoms with Crippen molar-refractivity contribution in [1.29, 1.82) is 0 Å². The van der Waals surface area contributed by atoms with Crippen LogP contribution in [-0.4, -0.2) is 16.0 Å². The summed E-state index contributed by atoms with van der Waals surface area (Å²) in [6, 6.07) is 2.59. The van der Waals surface area contributed by atoms with Crippen molar-refractivity contribution in [3.8, 4) is 0 Å². The molecule has 1 aliphatic rings. The predicted octanol–water partition coefficient (Wildman–Crippen LogP) is 2.84. The summed E-state index contributed by atoms with van der Waals surface area (Å²) in [5.74, 6) is 0.805. The summed E-state index contributed by atoms with van der Waals surface area (Å²) >= 11 is 0. The highest BCUT2D eigenvalue weighted by molar-refractivity contribution is 5.29. The molecule has 0 bridgehead atoms. The van der Waals surface area contributed by atoms with Crippen LogP contribution in [0.15, 0.2) is 6.07 Å². The van der Waals surface area contributed by atoms with Gasteiger partial charge in [-0.05, 0) is 32.8 Å². The third-order valence-corrected chi connectivity index (χ3v) is 2.92. The molecule has 0 radical (unpaired) electrons. The van der Waals surface area contributed by atoms with Gasteiger partial charge in [-0.25, -0.2) is 9.97 Å². The minimum absolute atomic E-state index is 0.583. The van der Waals surface area contributed by atoms with Crippen LogP contribution in [0.1, 0.15) is 43.5 Å². The number of aromatic nitrogens is 2. The van der Waals surface area contributed by atoms with Crippen LogP contribution >= 0.6 is 0 Å². The van der Waals surface area contributed by atoms with Gasteiger partial charge in [0, 0.05) is 17.4 Å². The van der Waals surface area contributed by atoms with E-state index in [0.29, 0.717) is 6.04 Å². The Bertz CT molecular complexity index is 309. The van der Waals surface area contributed by atoms with Crippen molar-refractivity contribution in [3.63, 3.8) is 0 Å². The van der Waals surface area contributed by atoms with E-state index in [1.54, 1.807) is 0 Å². The summed E-state index contributed by atoms with van der Waals surface area (Å²) in [7, 11) is 0. The first-order chi connectivity index (χ1) is 7.24. The highest BCUT2D eigenvalue weighted by Crippen LogP contribution is 2.20. The quantitative estimate of drug-likeness (QED) is 0.806. The lowest BCUT2D eigenvalue weighted by Crippen LogP contribution is -2.23. The summed E-state index contributed by atoms with van der Waals surface area (Å²) in [4.78, 5) is 8.81. The average molecular weight is 205 g/mol. The van der Waals surface area contributed by atoms with E-state index in [-0.39, 0.29) is 0 Å². The highest BCUT2D eigenvalue weighted by Gasteiger charge is 2.14. The fourth-order valence-electron chi connectivity index (χ4n) is 2.22. The van der Waals surface area contributed by atoms with E-state index in [1.165, 1.54) is 32.1 Å².